The lowest BCUT2D eigenvalue weighted by molar-refractivity contribution is -0.137. The van der Waals surface area contributed by atoms with E-state index in [0.29, 0.717) is 12.1 Å². The Balaban J connectivity index is 1.93. The van der Waals surface area contributed by atoms with Crippen LogP contribution in [0.2, 0.25) is 0 Å². The smallest absolute Gasteiger partial charge is 0.352 e. The van der Waals surface area contributed by atoms with Gasteiger partial charge in [-0.2, -0.15) is 18.3 Å². The molecule has 0 spiro atoms. The highest BCUT2D eigenvalue weighted by Crippen LogP contribution is 2.31. The molecule has 0 aliphatic rings. The summed E-state index contributed by atoms with van der Waals surface area (Å²) in [5.74, 6) is -0.509. The number of carbonyl (C=O) groups is 1. The summed E-state index contributed by atoms with van der Waals surface area (Å²) in [6.07, 6.45) is -0.813. The number of halogens is 3. The van der Waals surface area contributed by atoms with Crippen LogP contribution in [-0.2, 0) is 24.6 Å². The van der Waals surface area contributed by atoms with Crippen LogP contribution in [0.25, 0.3) is 0 Å². The van der Waals surface area contributed by atoms with E-state index in [4.69, 9.17) is 0 Å². The van der Waals surface area contributed by atoms with E-state index in [-0.39, 0.29) is 18.2 Å². The number of hydrogen-bond acceptors (Lipinski definition) is 2. The second kappa shape index (κ2) is 6.85. The number of benzene rings is 1. The number of carbonyl (C=O) groups excluding carboxylic acids is 1. The van der Waals surface area contributed by atoms with Crippen LogP contribution in [-0.4, -0.2) is 15.7 Å². The molecule has 1 heterocycles. The van der Waals surface area contributed by atoms with Gasteiger partial charge in [0.05, 0.1) is 11.8 Å². The molecule has 124 valence electrons. The third kappa shape index (κ3) is 4.84. The molecule has 2 aromatic rings. The molecule has 4 nitrogen and oxygen atoms in total. The molecule has 0 fully saturated rings. The number of aryl methyl sites for hydroxylation is 1. The highest BCUT2D eigenvalue weighted by atomic mass is 19.4. The molecular weight excluding hydrogens is 307 g/mol. The van der Waals surface area contributed by atoms with E-state index in [1.807, 2.05) is 0 Å². The Morgan fingerprint density at radius 1 is 1.39 bits per heavy atom. The van der Waals surface area contributed by atoms with E-state index in [1.165, 1.54) is 6.07 Å². The van der Waals surface area contributed by atoms with Gasteiger partial charge in [-0.25, -0.2) is 0 Å². The molecule has 2 rings (SSSR count). The van der Waals surface area contributed by atoms with Crippen LogP contribution in [0.1, 0.15) is 36.0 Å². The average molecular weight is 325 g/mol. The Bertz CT molecular complexity index is 679. The maximum absolute atomic E-state index is 12.7. The van der Waals surface area contributed by atoms with Gasteiger partial charge < -0.3 is 5.32 Å². The van der Waals surface area contributed by atoms with E-state index in [2.05, 4.69) is 10.4 Å². The van der Waals surface area contributed by atoms with E-state index in [0.717, 1.165) is 17.7 Å². The standard InChI is InChI=1S/C16H18F3N3O/c1-11(13-4-3-5-14(7-13)16(17,18)19)6-15(23)20-8-12-9-21-22(2)10-12/h3-5,7,9-11H,6,8H2,1-2H3,(H,20,23). The molecule has 0 radical (unpaired) electrons. The highest BCUT2D eigenvalue weighted by Gasteiger charge is 2.30. The lowest BCUT2D eigenvalue weighted by atomic mass is 9.95. The summed E-state index contributed by atoms with van der Waals surface area (Å²) in [6.45, 7) is 2.08. The highest BCUT2D eigenvalue weighted by molar-refractivity contribution is 5.76. The second-order valence-electron chi connectivity index (χ2n) is 5.53. The van der Waals surface area contributed by atoms with Gasteiger partial charge in [0.1, 0.15) is 0 Å². The van der Waals surface area contributed by atoms with Crippen LogP contribution in [0.5, 0.6) is 0 Å². The zero-order valence-corrected chi connectivity index (χ0v) is 12.9. The van der Waals surface area contributed by atoms with E-state index < -0.39 is 11.7 Å². The monoisotopic (exact) mass is 325 g/mol. The SMILES string of the molecule is CC(CC(=O)NCc1cnn(C)c1)c1cccc(C(F)(F)F)c1. The van der Waals surface area contributed by atoms with Gasteiger partial charge >= 0.3 is 6.18 Å². The van der Waals surface area contributed by atoms with Crippen LogP contribution >= 0.6 is 0 Å². The minimum Gasteiger partial charge on any atom is -0.352 e. The minimum absolute atomic E-state index is 0.127. The first-order valence-corrected chi connectivity index (χ1v) is 7.17. The molecule has 1 aromatic carbocycles. The zero-order valence-electron chi connectivity index (χ0n) is 12.9. The Morgan fingerprint density at radius 2 is 2.13 bits per heavy atom. The van der Waals surface area contributed by atoms with Gasteiger partial charge in [-0.3, -0.25) is 9.48 Å². The van der Waals surface area contributed by atoms with Gasteiger partial charge in [-0.05, 0) is 17.5 Å². The van der Waals surface area contributed by atoms with Crippen LogP contribution in [0, 0.1) is 0 Å². The molecule has 23 heavy (non-hydrogen) atoms. The fourth-order valence-electron chi connectivity index (χ4n) is 2.25. The fourth-order valence-corrected chi connectivity index (χ4v) is 2.25. The van der Waals surface area contributed by atoms with E-state index in [9.17, 15) is 18.0 Å². The molecule has 0 aliphatic carbocycles. The van der Waals surface area contributed by atoms with E-state index >= 15 is 0 Å². The first-order valence-electron chi connectivity index (χ1n) is 7.17. The van der Waals surface area contributed by atoms with Crippen molar-refractivity contribution in [2.45, 2.75) is 32.0 Å². The summed E-state index contributed by atoms with van der Waals surface area (Å²) in [5.41, 5.74) is 0.668. The maximum Gasteiger partial charge on any atom is 0.416 e. The summed E-state index contributed by atoms with van der Waals surface area (Å²) in [6, 6.07) is 5.09. The summed E-state index contributed by atoms with van der Waals surface area (Å²) in [4.78, 5) is 11.9. The van der Waals surface area contributed by atoms with Crippen molar-refractivity contribution >= 4 is 5.91 Å². The van der Waals surface area contributed by atoms with Gasteiger partial charge in [0.15, 0.2) is 0 Å². The number of alkyl halides is 3. The number of hydrogen-bond donors (Lipinski definition) is 1. The number of nitrogens with zero attached hydrogens (tertiary/aromatic N) is 2. The van der Waals surface area contributed by atoms with Gasteiger partial charge in [-0.15, -0.1) is 0 Å². The predicted molar refractivity (Wildman–Crippen MR) is 79.5 cm³/mol. The number of rotatable bonds is 5. The Kier molecular flexibility index (Phi) is 5.08. The summed E-state index contributed by atoms with van der Waals surface area (Å²) in [5, 5.41) is 6.74. The molecule has 0 saturated carbocycles. The number of amides is 1. The first-order chi connectivity index (χ1) is 10.8. The molecule has 0 aliphatic heterocycles. The third-order valence-electron chi connectivity index (χ3n) is 3.52. The van der Waals surface area contributed by atoms with Gasteiger partial charge in [0.25, 0.3) is 0 Å². The van der Waals surface area contributed by atoms with Crippen molar-refractivity contribution in [2.75, 3.05) is 0 Å². The van der Waals surface area contributed by atoms with Crippen molar-refractivity contribution in [1.82, 2.24) is 15.1 Å². The largest absolute Gasteiger partial charge is 0.416 e. The molecule has 0 saturated heterocycles. The predicted octanol–water partition coefficient (Wildman–Crippen LogP) is 3.25. The normalized spacial score (nSPS) is 12.9. The van der Waals surface area contributed by atoms with Crippen molar-refractivity contribution in [3.8, 4) is 0 Å². The van der Waals surface area contributed by atoms with Crippen molar-refractivity contribution < 1.29 is 18.0 Å². The first kappa shape index (κ1) is 17.1. The maximum atomic E-state index is 12.7. The van der Waals surface area contributed by atoms with Crippen molar-refractivity contribution in [1.29, 1.82) is 0 Å². The average Bonchev–Trinajstić information content (AvgIpc) is 2.90. The topological polar surface area (TPSA) is 46.9 Å². The van der Waals surface area contributed by atoms with Gasteiger partial charge in [-0.1, -0.05) is 25.1 Å². The molecule has 1 N–H and O–H groups in total. The van der Waals surface area contributed by atoms with Gasteiger partial charge in [0.2, 0.25) is 5.91 Å². The summed E-state index contributed by atoms with van der Waals surface area (Å²) >= 11 is 0. The van der Waals surface area contributed by atoms with Crippen molar-refractivity contribution in [2.24, 2.45) is 7.05 Å². The molecule has 1 unspecified atom stereocenters. The van der Waals surface area contributed by atoms with Crippen LogP contribution < -0.4 is 5.32 Å². The third-order valence-corrected chi connectivity index (χ3v) is 3.52. The van der Waals surface area contributed by atoms with Crippen LogP contribution in [0.4, 0.5) is 13.2 Å². The van der Waals surface area contributed by atoms with Crippen molar-refractivity contribution in [3.63, 3.8) is 0 Å². The molecule has 1 aromatic heterocycles. The lowest BCUT2D eigenvalue weighted by Crippen LogP contribution is -2.24. The number of aromatic nitrogens is 2. The molecule has 7 heteroatoms. The minimum atomic E-state index is -4.38. The fraction of sp³-hybridized carbons (Fsp3) is 0.375. The van der Waals surface area contributed by atoms with Gasteiger partial charge in [0, 0.05) is 31.8 Å². The van der Waals surface area contributed by atoms with E-state index in [1.54, 1.807) is 37.1 Å². The van der Waals surface area contributed by atoms with Crippen LogP contribution in [0.15, 0.2) is 36.7 Å². The molecule has 1 amide bonds. The number of nitrogens with one attached hydrogen (secondary N) is 1. The molecule has 1 atom stereocenters. The molecule has 0 bridgehead atoms. The zero-order chi connectivity index (χ0) is 17.0. The van der Waals surface area contributed by atoms with Crippen molar-refractivity contribution in [3.05, 3.63) is 53.3 Å². The summed E-state index contributed by atoms with van der Waals surface area (Å²) < 4.78 is 39.8. The van der Waals surface area contributed by atoms with Crippen LogP contribution in [0.3, 0.4) is 0 Å². The second-order valence-corrected chi connectivity index (χ2v) is 5.53. The quantitative estimate of drug-likeness (QED) is 0.917. The Morgan fingerprint density at radius 3 is 2.74 bits per heavy atom. The Labute approximate surface area is 132 Å². The molecular formula is C16H18F3N3O. The Hall–Kier alpha value is -2.31. The summed E-state index contributed by atoms with van der Waals surface area (Å²) in [7, 11) is 1.78. The lowest BCUT2D eigenvalue weighted by Gasteiger charge is -2.14.